The molecule has 1 aliphatic rings. The smallest absolute Gasteiger partial charge is 0.408 e. The van der Waals surface area contributed by atoms with Crippen LogP contribution in [0.4, 0.5) is 4.79 Å². The van der Waals surface area contributed by atoms with Gasteiger partial charge in [0.1, 0.15) is 17.7 Å². The van der Waals surface area contributed by atoms with Gasteiger partial charge in [0.05, 0.1) is 0 Å². The summed E-state index contributed by atoms with van der Waals surface area (Å²) in [6.45, 7) is 13.7. The van der Waals surface area contributed by atoms with E-state index in [1.807, 2.05) is 20.8 Å². The molecule has 1 unspecified atom stereocenters. The molecule has 184 valence electrons. The summed E-state index contributed by atoms with van der Waals surface area (Å²) in [4.78, 5) is 51.1. The fourth-order valence-electron chi connectivity index (χ4n) is 3.68. The van der Waals surface area contributed by atoms with Gasteiger partial charge in [0, 0.05) is 19.0 Å². The van der Waals surface area contributed by atoms with Crippen molar-refractivity contribution in [3.05, 3.63) is 0 Å². The second-order valence-electron chi connectivity index (χ2n) is 10.1. The van der Waals surface area contributed by atoms with Crippen molar-refractivity contribution in [1.29, 1.82) is 0 Å². The van der Waals surface area contributed by atoms with E-state index in [-0.39, 0.29) is 29.6 Å². The van der Waals surface area contributed by atoms with E-state index in [1.165, 1.54) is 0 Å². The first-order valence-corrected chi connectivity index (χ1v) is 11.6. The Kier molecular flexibility index (Phi) is 10.4. The van der Waals surface area contributed by atoms with Crippen LogP contribution in [0.3, 0.4) is 0 Å². The highest BCUT2D eigenvalue weighted by molar-refractivity contribution is 5.87. The molecule has 0 aromatic rings. The zero-order chi connectivity index (χ0) is 24.6. The predicted octanol–water partition coefficient (Wildman–Crippen LogP) is 2.78. The lowest BCUT2D eigenvalue weighted by atomic mass is 9.93. The average molecular weight is 456 g/mol. The van der Waals surface area contributed by atoms with Crippen molar-refractivity contribution in [2.24, 2.45) is 17.8 Å². The average Bonchev–Trinajstić information content (AvgIpc) is 2.68. The Balaban J connectivity index is 2.71. The first-order valence-electron chi connectivity index (χ1n) is 11.6. The Morgan fingerprint density at radius 3 is 2.06 bits per heavy atom. The molecular formula is C23H41N3O6. The fraction of sp³-hybridized carbons (Fsp3) is 0.826. The van der Waals surface area contributed by atoms with Gasteiger partial charge in [0.25, 0.3) is 0 Å². The summed E-state index contributed by atoms with van der Waals surface area (Å²) < 4.78 is 5.30. The van der Waals surface area contributed by atoms with Crippen molar-refractivity contribution in [3.63, 3.8) is 0 Å². The van der Waals surface area contributed by atoms with Crippen LogP contribution in [0.25, 0.3) is 0 Å². The third-order valence-corrected chi connectivity index (χ3v) is 5.65. The van der Waals surface area contributed by atoms with E-state index < -0.39 is 29.7 Å². The van der Waals surface area contributed by atoms with Crippen LogP contribution in [0.1, 0.15) is 74.1 Å². The number of nitrogens with zero attached hydrogens (tertiary/aromatic N) is 1. The summed E-state index contributed by atoms with van der Waals surface area (Å²) in [7, 11) is 0. The normalized spacial score (nSPS) is 17.9. The van der Waals surface area contributed by atoms with Gasteiger partial charge in [0.2, 0.25) is 11.8 Å². The van der Waals surface area contributed by atoms with Gasteiger partial charge in [0.15, 0.2) is 0 Å². The van der Waals surface area contributed by atoms with Crippen LogP contribution in [-0.2, 0) is 19.1 Å². The van der Waals surface area contributed by atoms with E-state index in [2.05, 4.69) is 10.6 Å². The number of piperidine rings is 1. The number of amides is 3. The molecule has 0 radical (unpaired) electrons. The zero-order valence-electron chi connectivity index (χ0n) is 20.6. The highest BCUT2D eigenvalue weighted by Gasteiger charge is 2.34. The summed E-state index contributed by atoms with van der Waals surface area (Å²) in [5.41, 5.74) is -0.662. The summed E-state index contributed by atoms with van der Waals surface area (Å²) in [5.74, 6) is -1.83. The minimum Gasteiger partial charge on any atom is -0.480 e. The van der Waals surface area contributed by atoms with Crippen LogP contribution in [0.2, 0.25) is 0 Å². The predicted molar refractivity (Wildman–Crippen MR) is 121 cm³/mol. The highest BCUT2D eigenvalue weighted by atomic mass is 16.6. The number of likely N-dealkylation sites (tertiary alicyclic amines) is 1. The Labute approximate surface area is 191 Å². The van der Waals surface area contributed by atoms with E-state index in [4.69, 9.17) is 4.74 Å². The number of aliphatic carboxylic acids is 1. The molecule has 0 aliphatic carbocycles. The molecule has 0 bridgehead atoms. The first kappa shape index (κ1) is 27.7. The van der Waals surface area contributed by atoms with Crippen molar-refractivity contribution < 1.29 is 29.0 Å². The van der Waals surface area contributed by atoms with Crippen molar-refractivity contribution in [1.82, 2.24) is 15.5 Å². The Hall–Kier alpha value is -2.32. The van der Waals surface area contributed by atoms with Crippen LogP contribution >= 0.6 is 0 Å². The lowest BCUT2D eigenvalue weighted by Crippen LogP contribution is -2.53. The van der Waals surface area contributed by atoms with Crippen LogP contribution in [0.5, 0.6) is 0 Å². The molecule has 1 aliphatic heterocycles. The zero-order valence-corrected chi connectivity index (χ0v) is 20.6. The first-order chi connectivity index (χ1) is 14.7. The monoisotopic (exact) mass is 455 g/mol. The summed E-state index contributed by atoms with van der Waals surface area (Å²) in [6, 6.07) is -1.61. The minimum absolute atomic E-state index is 0.172. The van der Waals surface area contributed by atoms with E-state index in [9.17, 15) is 24.3 Å². The SMILES string of the molecule is CCC(C)[C@H](NC(=O)C1CCN(C(=O)[C@H](CC(C)C)NC(=O)OC(C)(C)C)CC1)C(=O)O. The van der Waals surface area contributed by atoms with E-state index in [1.54, 1.807) is 32.6 Å². The molecule has 32 heavy (non-hydrogen) atoms. The molecule has 1 saturated heterocycles. The Morgan fingerprint density at radius 1 is 1.06 bits per heavy atom. The van der Waals surface area contributed by atoms with Gasteiger partial charge in [-0.05, 0) is 51.9 Å². The maximum absolute atomic E-state index is 13.1. The number of carboxylic acids is 1. The van der Waals surface area contributed by atoms with Crippen molar-refractivity contribution in [2.45, 2.75) is 91.8 Å². The van der Waals surface area contributed by atoms with Gasteiger partial charge in [-0.3, -0.25) is 9.59 Å². The summed E-state index contributed by atoms with van der Waals surface area (Å²) >= 11 is 0. The van der Waals surface area contributed by atoms with Crippen LogP contribution in [0.15, 0.2) is 0 Å². The molecule has 3 atom stereocenters. The van der Waals surface area contributed by atoms with Crippen LogP contribution in [-0.4, -0.2) is 64.7 Å². The largest absolute Gasteiger partial charge is 0.480 e. The minimum atomic E-state index is -1.04. The quantitative estimate of drug-likeness (QED) is 0.491. The molecular weight excluding hydrogens is 414 g/mol. The number of ether oxygens (including phenoxy) is 1. The van der Waals surface area contributed by atoms with Gasteiger partial charge >= 0.3 is 12.1 Å². The number of carbonyl (C=O) groups excluding carboxylic acids is 3. The molecule has 0 spiro atoms. The number of hydrogen-bond acceptors (Lipinski definition) is 5. The molecule has 0 aromatic heterocycles. The maximum Gasteiger partial charge on any atom is 0.408 e. The highest BCUT2D eigenvalue weighted by Crippen LogP contribution is 2.21. The van der Waals surface area contributed by atoms with Gasteiger partial charge in [-0.15, -0.1) is 0 Å². The molecule has 1 fully saturated rings. The Bertz CT molecular complexity index is 665. The van der Waals surface area contributed by atoms with E-state index in [0.29, 0.717) is 38.8 Å². The maximum atomic E-state index is 13.1. The molecule has 1 rings (SSSR count). The molecule has 0 aromatic carbocycles. The van der Waals surface area contributed by atoms with Crippen molar-refractivity contribution >= 4 is 23.9 Å². The molecule has 9 heteroatoms. The number of nitrogens with one attached hydrogen (secondary N) is 2. The standard InChI is InChI=1S/C23H41N3O6/c1-8-15(4)18(21(29)30)25-19(27)16-9-11-26(12-10-16)20(28)17(13-14(2)3)24-22(31)32-23(5,6)7/h14-18H,8-13H2,1-7H3,(H,24,31)(H,25,27)(H,29,30)/t15?,17-,18-/m0/s1. The molecule has 9 nitrogen and oxygen atoms in total. The molecule has 3 amide bonds. The second kappa shape index (κ2) is 12.1. The number of carbonyl (C=O) groups is 4. The van der Waals surface area contributed by atoms with Crippen LogP contribution in [0, 0.1) is 17.8 Å². The lowest BCUT2D eigenvalue weighted by Gasteiger charge is -2.35. The summed E-state index contributed by atoms with van der Waals surface area (Å²) in [6.07, 6.45) is 1.39. The fourth-order valence-corrected chi connectivity index (χ4v) is 3.68. The molecule has 0 saturated carbocycles. The molecule has 1 heterocycles. The molecule has 3 N–H and O–H groups in total. The second-order valence-corrected chi connectivity index (χ2v) is 10.1. The Morgan fingerprint density at radius 2 is 1.62 bits per heavy atom. The van der Waals surface area contributed by atoms with Gasteiger partial charge in [-0.2, -0.15) is 0 Å². The van der Waals surface area contributed by atoms with E-state index >= 15 is 0 Å². The third kappa shape index (κ3) is 9.04. The van der Waals surface area contributed by atoms with E-state index in [0.717, 1.165) is 0 Å². The number of rotatable bonds is 9. The van der Waals surface area contributed by atoms with Crippen LogP contribution < -0.4 is 10.6 Å². The number of hydrogen-bond donors (Lipinski definition) is 3. The van der Waals surface area contributed by atoms with Crippen molar-refractivity contribution in [3.8, 4) is 0 Å². The van der Waals surface area contributed by atoms with Gasteiger partial charge in [-0.1, -0.05) is 34.1 Å². The number of alkyl carbamates (subject to hydrolysis) is 1. The lowest BCUT2D eigenvalue weighted by molar-refractivity contribution is -0.144. The topological polar surface area (TPSA) is 125 Å². The summed E-state index contributed by atoms with van der Waals surface area (Å²) in [5, 5.41) is 14.8. The number of carboxylic acid groups (broad SMARTS) is 1. The third-order valence-electron chi connectivity index (χ3n) is 5.65. The van der Waals surface area contributed by atoms with Gasteiger partial charge in [-0.25, -0.2) is 9.59 Å². The van der Waals surface area contributed by atoms with Gasteiger partial charge < -0.3 is 25.4 Å². The van der Waals surface area contributed by atoms with Crippen molar-refractivity contribution in [2.75, 3.05) is 13.1 Å².